The number of aliphatic hydroxyl groups is 2. The van der Waals surface area contributed by atoms with Crippen molar-refractivity contribution in [1.29, 1.82) is 0 Å². The van der Waals surface area contributed by atoms with E-state index < -0.39 is 23.8 Å². The van der Waals surface area contributed by atoms with Crippen LogP contribution in [0.2, 0.25) is 0 Å². The molecule has 2 aliphatic rings. The molecule has 2 heterocycles. The van der Waals surface area contributed by atoms with Gasteiger partial charge in [0.05, 0.1) is 24.3 Å². The number of aryl methyl sites for hydroxylation is 1. The van der Waals surface area contributed by atoms with Crippen LogP contribution >= 0.6 is 0 Å². The van der Waals surface area contributed by atoms with Crippen LogP contribution in [0.25, 0.3) is 0 Å². The van der Waals surface area contributed by atoms with E-state index in [9.17, 15) is 23.8 Å². The lowest BCUT2D eigenvalue weighted by atomic mass is 9.73. The Morgan fingerprint density at radius 2 is 1.64 bits per heavy atom. The minimum Gasteiger partial charge on any atom is -0.389 e. The zero-order valence-electron chi connectivity index (χ0n) is 24.0. The van der Waals surface area contributed by atoms with Crippen LogP contribution < -0.4 is 5.32 Å². The molecule has 0 bridgehead atoms. The Morgan fingerprint density at radius 3 is 2.33 bits per heavy atom. The highest BCUT2D eigenvalue weighted by Gasteiger charge is 2.51. The molecule has 2 aliphatic heterocycles. The molecule has 7 nitrogen and oxygen atoms in total. The van der Waals surface area contributed by atoms with Gasteiger partial charge in [0.25, 0.3) is 0 Å². The number of β-amino-alcohol motifs (C(OH)–C–C–N with tert-alkyl or cyclic N) is 1. The second kappa shape index (κ2) is 12.6. The summed E-state index contributed by atoms with van der Waals surface area (Å²) < 4.78 is 27.6. The summed E-state index contributed by atoms with van der Waals surface area (Å²) in [6.07, 6.45) is -2.08. The molecule has 0 aliphatic carbocycles. The lowest BCUT2D eigenvalue weighted by Gasteiger charge is -2.59. The number of nitrogens with one attached hydrogen (secondary N) is 1. The predicted octanol–water partition coefficient (Wildman–Crippen LogP) is 3.64. The number of carbonyl (C=O) groups is 1. The lowest BCUT2D eigenvalue weighted by Crippen LogP contribution is -2.71. The van der Waals surface area contributed by atoms with Crippen molar-refractivity contribution in [2.24, 2.45) is 0 Å². The van der Waals surface area contributed by atoms with Gasteiger partial charge in [-0.2, -0.15) is 0 Å². The Balaban J connectivity index is 1.39. The standard InChI is InChI=1S/C33H36F2N4O3/c1-21-7-15-25(16-8-21)36-33(42)38-18-28-31(27(17-37(2)3)39(28)20-30(41)29(40)19-38)23-12-9-22(10-13-23)11-14-24-5-4-6-26(34)32(24)35/h4-10,12-13,15-16,27-31,40-41H,17-20H2,1-3H3,(H,36,42)/t27-,28+,29-,30+,31+/m1/s1. The van der Waals surface area contributed by atoms with E-state index in [1.807, 2.05) is 69.6 Å². The number of aliphatic hydroxyl groups excluding tert-OH is 2. The van der Waals surface area contributed by atoms with Crippen LogP contribution in [-0.2, 0) is 0 Å². The monoisotopic (exact) mass is 574 g/mol. The Bertz CT molecular complexity index is 1470. The summed E-state index contributed by atoms with van der Waals surface area (Å²) in [7, 11) is 3.98. The van der Waals surface area contributed by atoms with Gasteiger partial charge in [0.15, 0.2) is 11.6 Å². The normalized spacial score (nSPS) is 24.1. The smallest absolute Gasteiger partial charge is 0.321 e. The van der Waals surface area contributed by atoms with Crippen molar-refractivity contribution in [3.05, 3.63) is 101 Å². The molecule has 3 aromatic rings. The number of anilines is 1. The number of halogens is 2. The highest BCUT2D eigenvalue weighted by molar-refractivity contribution is 5.89. The number of amides is 2. The number of benzene rings is 3. The van der Waals surface area contributed by atoms with Crippen LogP contribution in [-0.4, -0.2) is 95.5 Å². The summed E-state index contributed by atoms with van der Waals surface area (Å²) in [4.78, 5) is 19.2. The van der Waals surface area contributed by atoms with E-state index in [0.717, 1.165) is 23.7 Å². The van der Waals surface area contributed by atoms with E-state index in [0.29, 0.717) is 24.3 Å². The van der Waals surface area contributed by atoms with E-state index in [4.69, 9.17) is 0 Å². The second-order valence-electron chi connectivity index (χ2n) is 11.4. The summed E-state index contributed by atoms with van der Waals surface area (Å²) in [6, 6.07) is 18.7. The van der Waals surface area contributed by atoms with Crippen LogP contribution in [0.15, 0.2) is 66.7 Å². The first kappa shape index (κ1) is 29.7. The topological polar surface area (TPSA) is 79.3 Å². The molecule has 2 amide bonds. The van der Waals surface area contributed by atoms with Gasteiger partial charge < -0.3 is 25.3 Å². The van der Waals surface area contributed by atoms with Gasteiger partial charge in [0.2, 0.25) is 0 Å². The molecule has 2 fully saturated rings. The van der Waals surface area contributed by atoms with Crippen molar-refractivity contribution in [2.45, 2.75) is 37.1 Å². The molecular weight excluding hydrogens is 538 g/mol. The van der Waals surface area contributed by atoms with Gasteiger partial charge in [-0.05, 0) is 63.0 Å². The molecular formula is C33H36F2N4O3. The third-order valence-electron chi connectivity index (χ3n) is 8.07. The molecule has 0 unspecified atom stereocenters. The van der Waals surface area contributed by atoms with Crippen molar-refractivity contribution in [3.8, 4) is 11.8 Å². The fraction of sp³-hybridized carbons (Fsp3) is 0.364. The van der Waals surface area contributed by atoms with Crippen molar-refractivity contribution in [2.75, 3.05) is 45.6 Å². The summed E-state index contributed by atoms with van der Waals surface area (Å²) in [5.74, 6) is 3.77. The zero-order valence-corrected chi connectivity index (χ0v) is 24.0. The minimum absolute atomic E-state index is 0.000899. The molecule has 5 atom stereocenters. The van der Waals surface area contributed by atoms with Gasteiger partial charge in [-0.3, -0.25) is 4.90 Å². The van der Waals surface area contributed by atoms with Crippen LogP contribution in [0.1, 0.15) is 28.2 Å². The van der Waals surface area contributed by atoms with E-state index in [2.05, 4.69) is 27.0 Å². The molecule has 42 heavy (non-hydrogen) atoms. The van der Waals surface area contributed by atoms with Crippen LogP contribution in [0, 0.1) is 30.4 Å². The van der Waals surface area contributed by atoms with Crippen LogP contribution in [0.4, 0.5) is 19.3 Å². The molecule has 5 rings (SSSR count). The van der Waals surface area contributed by atoms with E-state index >= 15 is 0 Å². The maximum absolute atomic E-state index is 14.0. The molecule has 0 aromatic heterocycles. The second-order valence-corrected chi connectivity index (χ2v) is 11.4. The van der Waals surface area contributed by atoms with Gasteiger partial charge in [-0.1, -0.05) is 47.7 Å². The molecule has 3 aromatic carbocycles. The number of rotatable bonds is 4. The van der Waals surface area contributed by atoms with Crippen molar-refractivity contribution in [3.63, 3.8) is 0 Å². The van der Waals surface area contributed by atoms with Crippen molar-refractivity contribution in [1.82, 2.24) is 14.7 Å². The Hall–Kier alpha value is -3.81. The van der Waals surface area contributed by atoms with Gasteiger partial charge in [-0.25, -0.2) is 13.6 Å². The first-order valence-corrected chi connectivity index (χ1v) is 14.1. The van der Waals surface area contributed by atoms with Gasteiger partial charge in [-0.15, -0.1) is 0 Å². The quantitative estimate of drug-likeness (QED) is 0.415. The Morgan fingerprint density at radius 1 is 0.952 bits per heavy atom. The number of likely N-dealkylation sites (N-methyl/N-ethyl adjacent to an activating group) is 1. The fourth-order valence-corrected chi connectivity index (χ4v) is 5.86. The third-order valence-corrected chi connectivity index (χ3v) is 8.07. The number of urea groups is 1. The molecule has 9 heteroatoms. The maximum Gasteiger partial charge on any atom is 0.321 e. The van der Waals surface area contributed by atoms with Gasteiger partial charge in [0.1, 0.15) is 0 Å². The molecule has 220 valence electrons. The number of nitrogens with zero attached hydrogens (tertiary/aromatic N) is 3. The highest BCUT2D eigenvalue weighted by atomic mass is 19.2. The Kier molecular flexibility index (Phi) is 8.90. The molecule has 0 spiro atoms. The molecule has 0 radical (unpaired) electrons. The third kappa shape index (κ3) is 6.48. The average molecular weight is 575 g/mol. The zero-order chi connectivity index (χ0) is 30.0. The Labute approximate surface area is 245 Å². The molecule has 0 saturated carbocycles. The first-order chi connectivity index (χ1) is 20.1. The number of hydrogen-bond donors (Lipinski definition) is 3. The summed E-state index contributed by atoms with van der Waals surface area (Å²) >= 11 is 0. The molecule has 2 saturated heterocycles. The SMILES string of the molecule is Cc1ccc(NC(=O)N2C[C@@H](O)[C@@H](O)CN3[C@H](CN(C)C)[C@H](c4ccc(C#Cc5cccc(F)c5F)cc4)[C@@H]3C2)cc1. The van der Waals surface area contributed by atoms with E-state index in [1.54, 1.807) is 4.90 Å². The highest BCUT2D eigenvalue weighted by Crippen LogP contribution is 2.42. The summed E-state index contributed by atoms with van der Waals surface area (Å²) in [5, 5.41) is 24.5. The first-order valence-electron chi connectivity index (χ1n) is 14.1. The van der Waals surface area contributed by atoms with Gasteiger partial charge in [0, 0.05) is 48.9 Å². The van der Waals surface area contributed by atoms with E-state index in [-0.39, 0.29) is 36.1 Å². The van der Waals surface area contributed by atoms with Crippen LogP contribution in [0.5, 0.6) is 0 Å². The minimum atomic E-state index is -1.07. The van der Waals surface area contributed by atoms with Crippen molar-refractivity contribution < 1.29 is 23.8 Å². The summed E-state index contributed by atoms with van der Waals surface area (Å²) in [5.41, 5.74) is 3.46. The number of carbonyl (C=O) groups excluding carboxylic acids is 1. The number of hydrogen-bond acceptors (Lipinski definition) is 5. The largest absolute Gasteiger partial charge is 0.389 e. The fourth-order valence-electron chi connectivity index (χ4n) is 5.86. The number of fused-ring (bicyclic) bond motifs is 1. The summed E-state index contributed by atoms with van der Waals surface area (Å²) in [6.45, 7) is 3.38. The molecule has 3 N–H and O–H groups in total. The van der Waals surface area contributed by atoms with Gasteiger partial charge >= 0.3 is 6.03 Å². The average Bonchev–Trinajstić information content (AvgIpc) is 2.96. The maximum atomic E-state index is 14.0. The van der Waals surface area contributed by atoms with Crippen molar-refractivity contribution >= 4 is 11.7 Å². The van der Waals surface area contributed by atoms with E-state index in [1.165, 1.54) is 12.1 Å². The predicted molar refractivity (Wildman–Crippen MR) is 158 cm³/mol. The van der Waals surface area contributed by atoms with Crippen LogP contribution in [0.3, 0.4) is 0 Å². The lowest BCUT2D eigenvalue weighted by molar-refractivity contribution is -0.105.